The largest absolute Gasteiger partial charge is 0.495 e. The molecule has 0 radical (unpaired) electrons. The number of benzene rings is 1. The van der Waals surface area contributed by atoms with Crippen LogP contribution in [0.2, 0.25) is 0 Å². The second kappa shape index (κ2) is 7.64. The van der Waals surface area contributed by atoms with Gasteiger partial charge in [-0.25, -0.2) is 0 Å². The molecule has 2 rings (SSSR count). The summed E-state index contributed by atoms with van der Waals surface area (Å²) >= 11 is 3.39. The molecule has 2 N–H and O–H groups in total. The standard InChI is InChI=1S/C15H21BrN2O2/c1-20-14-9-12(5-6-13(14)16)18-15(19)7-4-11-3-2-8-17-10-11/h5-6,9,11,17H,2-4,7-8,10H2,1H3,(H,18,19). The fourth-order valence-electron chi connectivity index (χ4n) is 2.47. The van der Waals surface area contributed by atoms with E-state index >= 15 is 0 Å². The van der Waals surface area contributed by atoms with Crippen molar-refractivity contribution in [1.82, 2.24) is 5.32 Å². The summed E-state index contributed by atoms with van der Waals surface area (Å²) in [5.74, 6) is 1.42. The van der Waals surface area contributed by atoms with Crippen LogP contribution in [0, 0.1) is 5.92 Å². The number of rotatable bonds is 5. The molecule has 1 aromatic rings. The van der Waals surface area contributed by atoms with Gasteiger partial charge < -0.3 is 15.4 Å². The number of hydrogen-bond donors (Lipinski definition) is 2. The smallest absolute Gasteiger partial charge is 0.224 e. The van der Waals surface area contributed by atoms with Gasteiger partial charge in [0.05, 0.1) is 11.6 Å². The lowest BCUT2D eigenvalue weighted by Gasteiger charge is -2.22. The highest BCUT2D eigenvalue weighted by Gasteiger charge is 2.14. The molecule has 0 spiro atoms. The van der Waals surface area contributed by atoms with Crippen molar-refractivity contribution in [3.05, 3.63) is 22.7 Å². The van der Waals surface area contributed by atoms with E-state index in [-0.39, 0.29) is 5.91 Å². The third-order valence-corrected chi connectivity index (χ3v) is 4.27. The van der Waals surface area contributed by atoms with Crippen LogP contribution in [-0.4, -0.2) is 26.1 Å². The minimum atomic E-state index is 0.0694. The molecule has 110 valence electrons. The van der Waals surface area contributed by atoms with Crippen LogP contribution >= 0.6 is 15.9 Å². The summed E-state index contributed by atoms with van der Waals surface area (Å²) in [6.07, 6.45) is 3.97. The number of piperidine rings is 1. The summed E-state index contributed by atoms with van der Waals surface area (Å²) in [7, 11) is 1.61. The van der Waals surface area contributed by atoms with E-state index in [0.717, 1.165) is 35.4 Å². The summed E-state index contributed by atoms with van der Waals surface area (Å²) in [6.45, 7) is 2.15. The highest BCUT2D eigenvalue weighted by atomic mass is 79.9. The number of methoxy groups -OCH3 is 1. The molecular weight excluding hydrogens is 320 g/mol. The Hall–Kier alpha value is -1.07. The molecule has 20 heavy (non-hydrogen) atoms. The van der Waals surface area contributed by atoms with Crippen molar-refractivity contribution in [2.24, 2.45) is 5.92 Å². The molecule has 0 saturated carbocycles. The zero-order valence-electron chi connectivity index (χ0n) is 11.7. The molecule has 1 aliphatic heterocycles. The molecule has 1 heterocycles. The van der Waals surface area contributed by atoms with Gasteiger partial charge in [-0.15, -0.1) is 0 Å². The van der Waals surface area contributed by atoms with Crippen LogP contribution in [0.25, 0.3) is 0 Å². The Morgan fingerprint density at radius 2 is 2.40 bits per heavy atom. The van der Waals surface area contributed by atoms with E-state index in [0.29, 0.717) is 12.3 Å². The molecule has 1 saturated heterocycles. The van der Waals surface area contributed by atoms with Crippen LogP contribution in [0.5, 0.6) is 5.75 Å². The predicted octanol–water partition coefficient (Wildman–Crippen LogP) is 3.18. The maximum Gasteiger partial charge on any atom is 0.224 e. The van der Waals surface area contributed by atoms with E-state index in [4.69, 9.17) is 4.74 Å². The third-order valence-electron chi connectivity index (χ3n) is 3.61. The van der Waals surface area contributed by atoms with E-state index in [9.17, 15) is 4.79 Å². The molecule has 1 fully saturated rings. The second-order valence-electron chi connectivity index (χ2n) is 5.15. The average Bonchev–Trinajstić information content (AvgIpc) is 2.48. The van der Waals surface area contributed by atoms with E-state index in [1.54, 1.807) is 7.11 Å². The van der Waals surface area contributed by atoms with Crippen LogP contribution in [0.4, 0.5) is 5.69 Å². The van der Waals surface area contributed by atoms with Gasteiger partial charge in [0.2, 0.25) is 5.91 Å². The summed E-state index contributed by atoms with van der Waals surface area (Å²) in [4.78, 5) is 12.0. The average molecular weight is 341 g/mol. The highest BCUT2D eigenvalue weighted by molar-refractivity contribution is 9.10. The van der Waals surface area contributed by atoms with E-state index in [1.165, 1.54) is 12.8 Å². The Morgan fingerprint density at radius 3 is 3.10 bits per heavy atom. The van der Waals surface area contributed by atoms with Crippen LogP contribution < -0.4 is 15.4 Å². The zero-order chi connectivity index (χ0) is 14.4. The van der Waals surface area contributed by atoms with Gasteiger partial charge in [-0.1, -0.05) is 0 Å². The molecule has 0 aliphatic carbocycles. The molecule has 1 aromatic carbocycles. The van der Waals surface area contributed by atoms with Crippen LogP contribution in [0.3, 0.4) is 0 Å². The molecule has 0 aromatic heterocycles. The van der Waals surface area contributed by atoms with Gasteiger partial charge in [-0.3, -0.25) is 4.79 Å². The van der Waals surface area contributed by atoms with Crippen molar-refractivity contribution in [2.75, 3.05) is 25.5 Å². The van der Waals surface area contributed by atoms with Crippen molar-refractivity contribution in [3.63, 3.8) is 0 Å². The van der Waals surface area contributed by atoms with E-state index in [2.05, 4.69) is 26.6 Å². The lowest BCUT2D eigenvalue weighted by molar-refractivity contribution is -0.116. The van der Waals surface area contributed by atoms with Crippen LogP contribution in [-0.2, 0) is 4.79 Å². The lowest BCUT2D eigenvalue weighted by atomic mass is 9.94. The van der Waals surface area contributed by atoms with Gasteiger partial charge in [0.1, 0.15) is 5.75 Å². The Bertz CT molecular complexity index is 459. The number of amides is 1. The minimum Gasteiger partial charge on any atom is -0.495 e. The van der Waals surface area contributed by atoms with Crippen molar-refractivity contribution in [3.8, 4) is 5.75 Å². The van der Waals surface area contributed by atoms with E-state index < -0.39 is 0 Å². The molecule has 1 amide bonds. The molecule has 1 atom stereocenters. The fourth-order valence-corrected chi connectivity index (χ4v) is 2.88. The maximum atomic E-state index is 12.0. The lowest BCUT2D eigenvalue weighted by Crippen LogP contribution is -2.30. The Labute approximate surface area is 128 Å². The fraction of sp³-hybridized carbons (Fsp3) is 0.533. The summed E-state index contributed by atoms with van der Waals surface area (Å²) in [6, 6.07) is 5.57. The van der Waals surface area contributed by atoms with Gasteiger partial charge >= 0.3 is 0 Å². The van der Waals surface area contributed by atoms with Crippen LogP contribution in [0.15, 0.2) is 22.7 Å². The minimum absolute atomic E-state index is 0.0694. The summed E-state index contributed by atoms with van der Waals surface area (Å²) < 4.78 is 6.10. The van der Waals surface area contributed by atoms with Crippen LogP contribution in [0.1, 0.15) is 25.7 Å². The number of nitrogens with one attached hydrogen (secondary N) is 2. The monoisotopic (exact) mass is 340 g/mol. The molecular formula is C15H21BrN2O2. The first-order valence-electron chi connectivity index (χ1n) is 7.03. The number of carbonyl (C=O) groups is 1. The number of anilines is 1. The molecule has 0 bridgehead atoms. The molecule has 1 aliphatic rings. The number of hydrogen-bond acceptors (Lipinski definition) is 3. The van der Waals surface area contributed by atoms with Gasteiger partial charge in [0, 0.05) is 18.2 Å². The van der Waals surface area contributed by atoms with Gasteiger partial charge in [-0.05, 0) is 66.3 Å². The Kier molecular flexibility index (Phi) is 5.86. The first kappa shape index (κ1) is 15.3. The van der Waals surface area contributed by atoms with Gasteiger partial charge in [0.25, 0.3) is 0 Å². The SMILES string of the molecule is COc1cc(NC(=O)CCC2CCCNC2)ccc1Br. The quantitative estimate of drug-likeness (QED) is 0.865. The maximum absolute atomic E-state index is 12.0. The highest BCUT2D eigenvalue weighted by Crippen LogP contribution is 2.28. The summed E-state index contributed by atoms with van der Waals surface area (Å²) in [5.41, 5.74) is 0.775. The normalized spacial score (nSPS) is 18.6. The first-order chi connectivity index (χ1) is 9.69. The third kappa shape index (κ3) is 4.49. The van der Waals surface area contributed by atoms with Crippen molar-refractivity contribution < 1.29 is 9.53 Å². The Morgan fingerprint density at radius 1 is 1.55 bits per heavy atom. The first-order valence-corrected chi connectivity index (χ1v) is 7.82. The van der Waals surface area contributed by atoms with Gasteiger partial charge in [-0.2, -0.15) is 0 Å². The number of carbonyl (C=O) groups excluding carboxylic acids is 1. The molecule has 1 unspecified atom stereocenters. The summed E-state index contributed by atoms with van der Waals surface area (Å²) in [5, 5.41) is 6.30. The van der Waals surface area contributed by atoms with Crippen molar-refractivity contribution >= 4 is 27.5 Å². The van der Waals surface area contributed by atoms with Crippen molar-refractivity contribution in [2.45, 2.75) is 25.7 Å². The van der Waals surface area contributed by atoms with Gasteiger partial charge in [0.15, 0.2) is 0 Å². The number of ether oxygens (including phenoxy) is 1. The number of halogens is 1. The Balaban J connectivity index is 1.81. The molecule has 4 nitrogen and oxygen atoms in total. The zero-order valence-corrected chi connectivity index (χ0v) is 13.3. The topological polar surface area (TPSA) is 50.4 Å². The second-order valence-corrected chi connectivity index (χ2v) is 6.00. The predicted molar refractivity (Wildman–Crippen MR) is 84.2 cm³/mol. The van der Waals surface area contributed by atoms with Crippen molar-refractivity contribution in [1.29, 1.82) is 0 Å². The van der Waals surface area contributed by atoms with E-state index in [1.807, 2.05) is 18.2 Å². The molecule has 5 heteroatoms.